The first kappa shape index (κ1) is 17.0. The molecule has 0 fully saturated rings. The quantitative estimate of drug-likeness (QED) is 0.789. The molecule has 0 saturated carbocycles. The molecule has 0 aliphatic carbocycles. The molecule has 2 aliphatic heterocycles. The van der Waals surface area contributed by atoms with E-state index >= 15 is 0 Å². The summed E-state index contributed by atoms with van der Waals surface area (Å²) in [5.41, 5.74) is 0.966. The van der Waals surface area contributed by atoms with E-state index in [1.807, 2.05) is 0 Å². The lowest BCUT2D eigenvalue weighted by Crippen LogP contribution is -2.35. The predicted octanol–water partition coefficient (Wildman–Crippen LogP) is 3.28. The Morgan fingerprint density at radius 1 is 1.26 bits per heavy atom. The minimum absolute atomic E-state index is 0.0573. The Labute approximate surface area is 157 Å². The molecule has 2 N–H and O–H groups in total. The van der Waals surface area contributed by atoms with Crippen molar-refractivity contribution in [3.8, 4) is 11.3 Å². The number of furan rings is 1. The third kappa shape index (κ3) is 3.08. The van der Waals surface area contributed by atoms with Gasteiger partial charge in [-0.3, -0.25) is 10.2 Å². The zero-order chi connectivity index (χ0) is 19.1. The van der Waals surface area contributed by atoms with Gasteiger partial charge in [0.05, 0.1) is 16.2 Å². The van der Waals surface area contributed by atoms with E-state index in [1.54, 1.807) is 31.2 Å². The van der Waals surface area contributed by atoms with E-state index in [-0.39, 0.29) is 17.0 Å². The Hall–Kier alpha value is -3.46. The highest BCUT2D eigenvalue weighted by molar-refractivity contribution is 8.26. The molecule has 8 nitrogen and oxygen atoms in total. The molecule has 0 spiro atoms. The SMILES string of the molecule is CC1=NN2C(=N)/C(=C/c3ccc(-c4ccc(C(=O)O)cc4)o3)C(=O)N=C2S1. The molecule has 0 bridgehead atoms. The number of carboxylic acid groups (broad SMARTS) is 1. The van der Waals surface area contributed by atoms with Crippen molar-refractivity contribution in [1.82, 2.24) is 5.01 Å². The van der Waals surface area contributed by atoms with Crippen molar-refractivity contribution in [2.75, 3.05) is 0 Å². The number of thioether (sulfide) groups is 1. The van der Waals surface area contributed by atoms with Crippen LogP contribution in [0.4, 0.5) is 0 Å². The number of aromatic carboxylic acids is 1. The van der Waals surface area contributed by atoms with Crippen molar-refractivity contribution >= 4 is 45.8 Å². The number of nitrogens with zero attached hydrogens (tertiary/aromatic N) is 3. The van der Waals surface area contributed by atoms with Gasteiger partial charge in [0.25, 0.3) is 5.91 Å². The van der Waals surface area contributed by atoms with Crippen LogP contribution in [0.5, 0.6) is 0 Å². The van der Waals surface area contributed by atoms with Gasteiger partial charge in [0.2, 0.25) is 5.17 Å². The number of aliphatic imine (C=N–C) groups is 1. The van der Waals surface area contributed by atoms with E-state index in [4.69, 9.17) is 14.9 Å². The number of benzene rings is 1. The van der Waals surface area contributed by atoms with Crippen LogP contribution in [0.3, 0.4) is 0 Å². The lowest BCUT2D eigenvalue weighted by atomic mass is 10.1. The zero-order valence-electron chi connectivity index (χ0n) is 14.0. The van der Waals surface area contributed by atoms with Crippen LogP contribution < -0.4 is 0 Å². The van der Waals surface area contributed by atoms with Gasteiger partial charge in [-0.2, -0.15) is 15.1 Å². The summed E-state index contributed by atoms with van der Waals surface area (Å²) in [4.78, 5) is 27.1. The second-order valence-corrected chi connectivity index (χ2v) is 6.88. The van der Waals surface area contributed by atoms with Gasteiger partial charge in [0, 0.05) is 5.56 Å². The van der Waals surface area contributed by atoms with E-state index in [0.717, 1.165) is 0 Å². The van der Waals surface area contributed by atoms with E-state index in [1.165, 1.54) is 35.0 Å². The van der Waals surface area contributed by atoms with E-state index < -0.39 is 11.9 Å². The van der Waals surface area contributed by atoms with E-state index in [0.29, 0.717) is 27.3 Å². The average molecular weight is 380 g/mol. The predicted molar refractivity (Wildman–Crippen MR) is 102 cm³/mol. The molecule has 1 amide bonds. The molecule has 0 unspecified atom stereocenters. The largest absolute Gasteiger partial charge is 0.478 e. The molecule has 4 rings (SSSR count). The molecule has 1 aromatic carbocycles. The van der Waals surface area contributed by atoms with Crippen LogP contribution in [0.15, 0.2) is 56.5 Å². The number of amidine groups is 2. The second kappa shape index (κ2) is 6.36. The lowest BCUT2D eigenvalue weighted by molar-refractivity contribution is -0.114. The van der Waals surface area contributed by atoms with Crippen LogP contribution in [0.25, 0.3) is 17.4 Å². The first-order valence-corrected chi connectivity index (χ1v) is 8.64. The van der Waals surface area contributed by atoms with Gasteiger partial charge in [0.1, 0.15) is 11.5 Å². The summed E-state index contributed by atoms with van der Waals surface area (Å²) in [6.45, 7) is 1.78. The minimum Gasteiger partial charge on any atom is -0.478 e. The lowest BCUT2D eigenvalue weighted by Gasteiger charge is -2.19. The minimum atomic E-state index is -1.00. The van der Waals surface area contributed by atoms with Crippen molar-refractivity contribution in [2.24, 2.45) is 10.1 Å². The average Bonchev–Trinajstić information content (AvgIpc) is 3.25. The van der Waals surface area contributed by atoms with Gasteiger partial charge in [0.15, 0.2) is 5.84 Å². The molecule has 0 radical (unpaired) electrons. The van der Waals surface area contributed by atoms with Gasteiger partial charge >= 0.3 is 5.97 Å². The smallest absolute Gasteiger partial charge is 0.335 e. The highest BCUT2D eigenvalue weighted by Gasteiger charge is 2.34. The van der Waals surface area contributed by atoms with Crippen LogP contribution in [0, 0.1) is 5.41 Å². The van der Waals surface area contributed by atoms with Crippen LogP contribution in [-0.2, 0) is 4.79 Å². The number of hydrogen-bond donors (Lipinski definition) is 2. The molecule has 134 valence electrons. The number of carbonyl (C=O) groups is 2. The number of fused-ring (bicyclic) bond motifs is 1. The van der Waals surface area contributed by atoms with Gasteiger partial charge in [-0.1, -0.05) is 12.1 Å². The van der Waals surface area contributed by atoms with Crippen LogP contribution in [0.2, 0.25) is 0 Å². The van der Waals surface area contributed by atoms with Crippen molar-refractivity contribution in [1.29, 1.82) is 5.41 Å². The van der Waals surface area contributed by atoms with Crippen molar-refractivity contribution in [3.05, 3.63) is 53.3 Å². The Kier molecular flexibility index (Phi) is 4.00. The fourth-order valence-electron chi connectivity index (χ4n) is 2.59. The highest BCUT2D eigenvalue weighted by atomic mass is 32.2. The summed E-state index contributed by atoms with van der Waals surface area (Å²) >= 11 is 1.24. The van der Waals surface area contributed by atoms with Crippen molar-refractivity contribution < 1.29 is 19.1 Å². The topological polar surface area (TPSA) is 119 Å². The molecule has 9 heteroatoms. The monoisotopic (exact) mass is 380 g/mol. The fourth-order valence-corrected chi connectivity index (χ4v) is 3.33. The number of carbonyl (C=O) groups excluding carboxylic acids is 1. The number of carboxylic acids is 1. The Balaban J connectivity index is 1.63. The zero-order valence-corrected chi connectivity index (χ0v) is 14.8. The van der Waals surface area contributed by atoms with Gasteiger partial charge in [-0.15, -0.1) is 0 Å². The van der Waals surface area contributed by atoms with Crippen LogP contribution in [-0.4, -0.2) is 38.0 Å². The third-order valence-electron chi connectivity index (χ3n) is 3.89. The maximum absolute atomic E-state index is 12.3. The van der Waals surface area contributed by atoms with E-state index in [2.05, 4.69) is 10.1 Å². The van der Waals surface area contributed by atoms with Gasteiger partial charge < -0.3 is 9.52 Å². The summed E-state index contributed by atoms with van der Waals surface area (Å²) in [5.74, 6) is -0.681. The maximum atomic E-state index is 12.3. The van der Waals surface area contributed by atoms with Gasteiger partial charge in [-0.25, -0.2) is 4.79 Å². The molecular weight excluding hydrogens is 368 g/mol. The summed E-state index contributed by atoms with van der Waals surface area (Å²) < 4.78 is 5.72. The molecular formula is C18H12N4O4S. The third-order valence-corrected chi connectivity index (χ3v) is 4.71. The molecule has 3 heterocycles. The number of amides is 1. The summed E-state index contributed by atoms with van der Waals surface area (Å²) in [7, 11) is 0. The number of hydrazone groups is 1. The summed E-state index contributed by atoms with van der Waals surface area (Å²) in [6, 6.07) is 9.63. The molecule has 0 atom stereocenters. The molecule has 2 aromatic rings. The van der Waals surface area contributed by atoms with Crippen LogP contribution >= 0.6 is 11.8 Å². The van der Waals surface area contributed by atoms with Gasteiger partial charge in [-0.05, 0) is 49.0 Å². The standard InChI is InChI=1S/C18H12N4O4S/c1-9-21-22-15(19)13(16(23)20-18(22)27-9)8-12-6-7-14(26-12)10-2-4-11(5-3-10)17(24)25/h2-8,19H,1H3,(H,24,25)/b13-8-,19-15?. The second-order valence-electron chi connectivity index (χ2n) is 5.72. The Morgan fingerprint density at radius 2 is 2.00 bits per heavy atom. The molecule has 0 saturated heterocycles. The summed E-state index contributed by atoms with van der Waals surface area (Å²) in [6.07, 6.45) is 1.45. The number of rotatable bonds is 3. The van der Waals surface area contributed by atoms with Crippen molar-refractivity contribution in [2.45, 2.75) is 6.92 Å². The summed E-state index contributed by atoms with van der Waals surface area (Å²) in [5, 5.41) is 23.8. The maximum Gasteiger partial charge on any atom is 0.335 e. The highest BCUT2D eigenvalue weighted by Crippen LogP contribution is 2.29. The van der Waals surface area contributed by atoms with Crippen LogP contribution in [0.1, 0.15) is 23.0 Å². The van der Waals surface area contributed by atoms with Crippen molar-refractivity contribution in [3.63, 3.8) is 0 Å². The Morgan fingerprint density at radius 3 is 2.70 bits per heavy atom. The first-order chi connectivity index (χ1) is 12.9. The molecule has 27 heavy (non-hydrogen) atoms. The normalized spacial score (nSPS) is 17.8. The molecule has 2 aliphatic rings. The van der Waals surface area contributed by atoms with E-state index in [9.17, 15) is 9.59 Å². The first-order valence-electron chi connectivity index (χ1n) is 7.83. The number of hydrogen-bond acceptors (Lipinski definition) is 6. The fraction of sp³-hybridized carbons (Fsp3) is 0.0556. The Bertz CT molecular complexity index is 1080. The number of nitrogens with one attached hydrogen (secondary N) is 1. The molecule has 1 aromatic heterocycles.